The molecule has 1 N–H and O–H groups in total. The van der Waals surface area contributed by atoms with E-state index < -0.39 is 20.4 Å². The number of hydrogen-bond donors (Lipinski definition) is 1. The number of carboxylic acids is 1. The molecule has 0 aliphatic rings. The Morgan fingerprint density at radius 2 is 1.44 bits per heavy atom. The zero-order valence-electron chi connectivity index (χ0n) is 15.5. The van der Waals surface area contributed by atoms with Crippen molar-refractivity contribution >= 4 is 24.7 Å². The van der Waals surface area contributed by atoms with Crippen molar-refractivity contribution in [2.75, 3.05) is 0 Å². The molecule has 3 nitrogen and oxygen atoms in total. The summed E-state index contributed by atoms with van der Waals surface area (Å²) >= 11 is 0. The lowest BCUT2D eigenvalue weighted by Gasteiger charge is -2.44. The molecule has 1 atom stereocenters. The summed E-state index contributed by atoms with van der Waals surface area (Å²) in [5, 5.41) is 11.7. The average molecular weight is 357 g/mol. The van der Waals surface area contributed by atoms with E-state index in [4.69, 9.17) is 4.43 Å². The Kier molecular flexibility index (Phi) is 6.19. The zero-order chi connectivity index (χ0) is 18.5. The molecule has 0 aliphatic carbocycles. The molecule has 0 aromatic heterocycles. The largest absolute Gasteiger partial charge is 0.479 e. The number of benzene rings is 2. The van der Waals surface area contributed by atoms with E-state index in [2.05, 4.69) is 45.0 Å². The topological polar surface area (TPSA) is 46.5 Å². The summed E-state index contributed by atoms with van der Waals surface area (Å²) in [6, 6.07) is 20.3. The highest BCUT2D eigenvalue weighted by Gasteiger charge is 2.52. The van der Waals surface area contributed by atoms with E-state index in [1.54, 1.807) is 0 Å². The van der Waals surface area contributed by atoms with Crippen molar-refractivity contribution in [1.82, 2.24) is 0 Å². The fraction of sp³-hybridized carbons (Fsp3) is 0.381. The van der Waals surface area contributed by atoms with Crippen LogP contribution >= 0.6 is 0 Å². The molecule has 0 spiro atoms. The zero-order valence-corrected chi connectivity index (χ0v) is 16.5. The van der Waals surface area contributed by atoms with E-state index in [9.17, 15) is 9.90 Å². The normalized spacial score (nSPS) is 13.4. The Balaban J connectivity index is 2.70. The molecule has 0 unspecified atom stereocenters. The van der Waals surface area contributed by atoms with Crippen molar-refractivity contribution < 1.29 is 14.3 Å². The predicted octanol–water partition coefficient (Wildman–Crippen LogP) is 3.82. The Labute approximate surface area is 151 Å². The molecule has 0 heterocycles. The maximum atomic E-state index is 11.9. The van der Waals surface area contributed by atoms with Crippen LogP contribution in [-0.2, 0) is 9.22 Å². The number of rotatable bonds is 7. The van der Waals surface area contributed by atoms with E-state index in [1.807, 2.05) is 43.3 Å². The molecule has 0 saturated carbocycles. The molecule has 4 heteroatoms. The summed E-state index contributed by atoms with van der Waals surface area (Å²) in [5.41, 5.74) is 0. The Bertz CT molecular complexity index is 638. The Morgan fingerprint density at radius 1 is 1.00 bits per heavy atom. The van der Waals surface area contributed by atoms with Crippen LogP contribution in [-0.4, -0.2) is 25.5 Å². The second-order valence-corrected chi connectivity index (χ2v) is 11.6. The molecule has 0 saturated heterocycles. The highest BCUT2D eigenvalue weighted by molar-refractivity contribution is 6.99. The highest BCUT2D eigenvalue weighted by Crippen LogP contribution is 2.37. The van der Waals surface area contributed by atoms with Crippen LogP contribution in [0.5, 0.6) is 0 Å². The van der Waals surface area contributed by atoms with Crippen LogP contribution in [0.4, 0.5) is 0 Å². The van der Waals surface area contributed by atoms with Crippen LogP contribution in [0.15, 0.2) is 60.7 Å². The van der Waals surface area contributed by atoms with Crippen LogP contribution in [0.3, 0.4) is 0 Å². The lowest BCUT2D eigenvalue weighted by atomic mass is 10.2. The molecule has 2 aromatic carbocycles. The van der Waals surface area contributed by atoms with Gasteiger partial charge in [0.15, 0.2) is 0 Å². The Morgan fingerprint density at radius 3 is 1.76 bits per heavy atom. The van der Waals surface area contributed by atoms with Gasteiger partial charge in [0.1, 0.15) is 6.10 Å². The van der Waals surface area contributed by atoms with E-state index in [0.29, 0.717) is 6.42 Å². The molecular formula is C21H28O3Si. The molecule has 25 heavy (non-hydrogen) atoms. The first-order chi connectivity index (χ1) is 11.8. The third-order valence-corrected chi connectivity index (χ3v) is 9.61. The van der Waals surface area contributed by atoms with Gasteiger partial charge in [-0.15, -0.1) is 0 Å². The second-order valence-electron chi connectivity index (χ2n) is 7.40. The maximum Gasteiger partial charge on any atom is 0.331 e. The molecule has 2 aromatic rings. The number of carbonyl (C=O) groups is 1. The smallest absolute Gasteiger partial charge is 0.331 e. The minimum absolute atomic E-state index is 0.211. The van der Waals surface area contributed by atoms with Crippen LogP contribution in [0, 0.1) is 0 Å². The molecule has 0 bridgehead atoms. The second kappa shape index (κ2) is 7.98. The van der Waals surface area contributed by atoms with E-state index in [1.165, 1.54) is 0 Å². The van der Waals surface area contributed by atoms with Crippen LogP contribution in [0.2, 0.25) is 5.04 Å². The molecule has 0 fully saturated rings. The molecule has 0 amide bonds. The third-order valence-electron chi connectivity index (χ3n) is 4.56. The van der Waals surface area contributed by atoms with Gasteiger partial charge in [-0.2, -0.15) is 0 Å². The summed E-state index contributed by atoms with van der Waals surface area (Å²) in [6.07, 6.45) is 0.492. The molecule has 2 rings (SSSR count). The summed E-state index contributed by atoms with van der Waals surface area (Å²) in [4.78, 5) is 11.9. The fourth-order valence-corrected chi connectivity index (χ4v) is 8.06. The predicted molar refractivity (Wildman–Crippen MR) is 105 cm³/mol. The van der Waals surface area contributed by atoms with Gasteiger partial charge in [0.2, 0.25) is 0 Å². The molecule has 0 radical (unpaired) electrons. The molecule has 134 valence electrons. The number of carboxylic acid groups (broad SMARTS) is 1. The van der Waals surface area contributed by atoms with E-state index >= 15 is 0 Å². The van der Waals surface area contributed by atoms with E-state index in [-0.39, 0.29) is 5.04 Å². The molecule has 0 aliphatic heterocycles. The first-order valence-corrected chi connectivity index (χ1v) is 10.8. The van der Waals surface area contributed by atoms with E-state index in [0.717, 1.165) is 16.8 Å². The lowest BCUT2D eigenvalue weighted by molar-refractivity contribution is -0.145. The van der Waals surface area contributed by atoms with Gasteiger partial charge in [0.25, 0.3) is 8.32 Å². The van der Waals surface area contributed by atoms with Crippen LogP contribution in [0.1, 0.15) is 40.5 Å². The van der Waals surface area contributed by atoms with Crippen LogP contribution < -0.4 is 10.4 Å². The van der Waals surface area contributed by atoms with Crippen LogP contribution in [0.25, 0.3) is 0 Å². The average Bonchev–Trinajstić information content (AvgIpc) is 2.59. The van der Waals surface area contributed by atoms with Gasteiger partial charge >= 0.3 is 5.97 Å². The van der Waals surface area contributed by atoms with Gasteiger partial charge in [0.05, 0.1) is 0 Å². The van der Waals surface area contributed by atoms with Gasteiger partial charge in [-0.25, -0.2) is 4.79 Å². The SMILES string of the molecule is CCC[C@H](O[Si](c1ccccc1)(c1ccccc1)C(C)(C)C)C(=O)O. The minimum atomic E-state index is -2.79. The third kappa shape index (κ3) is 4.02. The Hall–Kier alpha value is -1.91. The summed E-state index contributed by atoms with van der Waals surface area (Å²) in [7, 11) is -2.79. The van der Waals surface area contributed by atoms with Crippen molar-refractivity contribution in [2.45, 2.75) is 51.7 Å². The van der Waals surface area contributed by atoms with Gasteiger partial charge in [0, 0.05) is 0 Å². The summed E-state index contributed by atoms with van der Waals surface area (Å²) in [5.74, 6) is -0.880. The highest BCUT2D eigenvalue weighted by atomic mass is 28.4. The fourth-order valence-electron chi connectivity index (χ4n) is 3.40. The summed E-state index contributed by atoms with van der Waals surface area (Å²) in [6.45, 7) is 8.46. The summed E-state index contributed by atoms with van der Waals surface area (Å²) < 4.78 is 6.62. The molecular weight excluding hydrogens is 328 g/mol. The van der Waals surface area contributed by atoms with Crippen molar-refractivity contribution in [3.63, 3.8) is 0 Å². The van der Waals surface area contributed by atoms with Gasteiger partial charge in [-0.05, 0) is 21.8 Å². The number of hydrogen-bond acceptors (Lipinski definition) is 2. The first kappa shape index (κ1) is 19.4. The van der Waals surface area contributed by atoms with Gasteiger partial charge < -0.3 is 9.53 Å². The quantitative estimate of drug-likeness (QED) is 0.767. The monoisotopic (exact) mass is 356 g/mol. The number of aliphatic carboxylic acids is 1. The van der Waals surface area contributed by atoms with Gasteiger partial charge in [-0.3, -0.25) is 0 Å². The van der Waals surface area contributed by atoms with Gasteiger partial charge in [-0.1, -0.05) is 94.8 Å². The van der Waals surface area contributed by atoms with Crippen molar-refractivity contribution in [3.8, 4) is 0 Å². The first-order valence-electron chi connectivity index (χ1n) is 8.84. The maximum absolute atomic E-state index is 11.9. The van der Waals surface area contributed by atoms with Crippen molar-refractivity contribution in [2.24, 2.45) is 0 Å². The lowest BCUT2D eigenvalue weighted by Crippen LogP contribution is -2.68. The van der Waals surface area contributed by atoms with Crippen molar-refractivity contribution in [1.29, 1.82) is 0 Å². The standard InChI is InChI=1S/C21H28O3Si/c1-5-12-19(20(22)23)24-25(21(2,3)4,17-13-8-6-9-14-17)18-15-10-7-11-16-18/h6-11,13-16,19H,5,12H2,1-4H3,(H,22,23)/t19-/m0/s1. The van der Waals surface area contributed by atoms with Crippen molar-refractivity contribution in [3.05, 3.63) is 60.7 Å². The minimum Gasteiger partial charge on any atom is -0.479 e.